The van der Waals surface area contributed by atoms with Gasteiger partial charge in [0.05, 0.1) is 7.05 Å². The maximum Gasteiger partial charge on any atom is 0.342 e. The lowest BCUT2D eigenvalue weighted by molar-refractivity contribution is -0.391. The molecule has 0 aliphatic carbocycles. The molecule has 0 saturated heterocycles. The summed E-state index contributed by atoms with van der Waals surface area (Å²) in [7, 11) is 1.57. The van der Waals surface area contributed by atoms with Crippen LogP contribution in [0.1, 0.15) is 16.1 Å². The summed E-state index contributed by atoms with van der Waals surface area (Å²) in [5.74, 6) is 0.408. The Balaban J connectivity index is 2.38. The van der Waals surface area contributed by atoms with E-state index in [-0.39, 0.29) is 5.82 Å². The Kier molecular flexibility index (Phi) is 2.88. The molecule has 7 nitrogen and oxygen atoms in total. The summed E-state index contributed by atoms with van der Waals surface area (Å²) in [6.07, 6.45) is 1.21. The van der Waals surface area contributed by atoms with E-state index in [4.69, 9.17) is 0 Å². The van der Waals surface area contributed by atoms with Crippen LogP contribution in [0.15, 0.2) is 11.7 Å². The third kappa shape index (κ3) is 1.78. The molecule has 2 rings (SSSR count). The SMILES string of the molecule is Cn1c([N+](=O)[O-])cnc1C(S)c1nncs1. The molecule has 0 bridgehead atoms. The fourth-order valence-corrected chi connectivity index (χ4v) is 2.25. The molecule has 1 unspecified atom stereocenters. The maximum absolute atomic E-state index is 10.6. The minimum atomic E-state index is -0.489. The van der Waals surface area contributed by atoms with Crippen LogP contribution >= 0.6 is 24.0 Å². The molecule has 84 valence electrons. The van der Waals surface area contributed by atoms with Crippen LogP contribution in [-0.2, 0) is 7.05 Å². The van der Waals surface area contributed by atoms with Crippen LogP contribution in [0.25, 0.3) is 0 Å². The number of nitro groups is 1. The van der Waals surface area contributed by atoms with Crippen LogP contribution in [0.4, 0.5) is 5.82 Å². The molecule has 0 amide bonds. The van der Waals surface area contributed by atoms with Gasteiger partial charge in [-0.1, -0.05) is 0 Å². The van der Waals surface area contributed by atoms with Gasteiger partial charge in [0.15, 0.2) is 0 Å². The van der Waals surface area contributed by atoms with Crippen molar-refractivity contribution in [2.75, 3.05) is 0 Å². The number of hydrogen-bond acceptors (Lipinski definition) is 7. The number of aromatic nitrogens is 4. The van der Waals surface area contributed by atoms with Crippen LogP contribution in [0.5, 0.6) is 0 Å². The molecule has 16 heavy (non-hydrogen) atoms. The maximum atomic E-state index is 10.6. The number of nitrogens with zero attached hydrogens (tertiary/aromatic N) is 5. The molecule has 9 heteroatoms. The summed E-state index contributed by atoms with van der Waals surface area (Å²) < 4.78 is 1.39. The molecule has 0 aromatic carbocycles. The van der Waals surface area contributed by atoms with Gasteiger partial charge in [0.2, 0.25) is 5.82 Å². The number of imidazole rings is 1. The van der Waals surface area contributed by atoms with Crippen LogP contribution < -0.4 is 0 Å². The minimum Gasteiger partial charge on any atom is -0.358 e. The Morgan fingerprint density at radius 3 is 2.94 bits per heavy atom. The average Bonchev–Trinajstić information content (AvgIpc) is 2.84. The quantitative estimate of drug-likeness (QED) is 0.507. The molecule has 0 fully saturated rings. The van der Waals surface area contributed by atoms with Crippen molar-refractivity contribution < 1.29 is 4.92 Å². The first kappa shape index (κ1) is 11.0. The second-order valence-corrected chi connectivity index (χ2v) is 4.35. The van der Waals surface area contributed by atoms with Gasteiger partial charge in [-0.3, -0.25) is 0 Å². The van der Waals surface area contributed by atoms with Crippen molar-refractivity contribution in [3.63, 3.8) is 0 Å². The largest absolute Gasteiger partial charge is 0.358 e. The summed E-state index contributed by atoms with van der Waals surface area (Å²) in [5.41, 5.74) is 1.58. The predicted octanol–water partition coefficient (Wildman–Crippen LogP) is 1.20. The van der Waals surface area contributed by atoms with E-state index in [2.05, 4.69) is 27.8 Å². The summed E-state index contributed by atoms with van der Waals surface area (Å²) in [5, 5.41) is 18.4. The first-order chi connectivity index (χ1) is 7.61. The molecule has 0 saturated carbocycles. The molecule has 0 radical (unpaired) electrons. The van der Waals surface area contributed by atoms with Crippen molar-refractivity contribution in [2.24, 2.45) is 7.05 Å². The van der Waals surface area contributed by atoms with E-state index in [0.29, 0.717) is 10.8 Å². The molecular formula is C7H7N5O2S2. The van der Waals surface area contributed by atoms with E-state index in [1.165, 1.54) is 22.1 Å². The zero-order chi connectivity index (χ0) is 11.7. The van der Waals surface area contributed by atoms with Crippen LogP contribution in [0.3, 0.4) is 0 Å². The molecule has 0 N–H and O–H groups in total. The molecule has 0 aliphatic heterocycles. The predicted molar refractivity (Wildman–Crippen MR) is 60.6 cm³/mol. The van der Waals surface area contributed by atoms with E-state index in [1.807, 2.05) is 0 Å². The van der Waals surface area contributed by atoms with Gasteiger partial charge in [-0.25, -0.2) is 9.55 Å². The molecule has 0 aliphatic rings. The Morgan fingerprint density at radius 2 is 2.44 bits per heavy atom. The Hall–Kier alpha value is -1.48. The van der Waals surface area contributed by atoms with Gasteiger partial charge in [0.1, 0.15) is 22.0 Å². The normalized spacial score (nSPS) is 12.6. The lowest BCUT2D eigenvalue weighted by Crippen LogP contribution is -2.05. The molecule has 2 heterocycles. The third-order valence-corrected chi connectivity index (χ3v) is 3.45. The van der Waals surface area contributed by atoms with Gasteiger partial charge < -0.3 is 10.1 Å². The monoisotopic (exact) mass is 257 g/mol. The number of rotatable bonds is 3. The molecule has 2 aromatic heterocycles. The highest BCUT2D eigenvalue weighted by molar-refractivity contribution is 7.80. The van der Waals surface area contributed by atoms with Crippen molar-refractivity contribution in [3.8, 4) is 0 Å². The van der Waals surface area contributed by atoms with Crippen molar-refractivity contribution in [1.29, 1.82) is 0 Å². The van der Waals surface area contributed by atoms with E-state index in [0.717, 1.165) is 0 Å². The van der Waals surface area contributed by atoms with Gasteiger partial charge in [-0.15, -0.1) is 21.5 Å². The second kappa shape index (κ2) is 4.18. The van der Waals surface area contributed by atoms with Crippen molar-refractivity contribution >= 4 is 29.8 Å². The van der Waals surface area contributed by atoms with Gasteiger partial charge in [-0.2, -0.15) is 12.6 Å². The van der Waals surface area contributed by atoms with Crippen LogP contribution in [0.2, 0.25) is 0 Å². The molecule has 0 spiro atoms. The topological polar surface area (TPSA) is 86.7 Å². The Morgan fingerprint density at radius 1 is 1.69 bits per heavy atom. The highest BCUT2D eigenvalue weighted by Gasteiger charge is 2.25. The standard InChI is InChI=1S/C7H7N5O2S2/c1-11-4(12(13)14)2-8-6(11)5(15)7-10-9-3-16-7/h2-3,5,15H,1H3. The smallest absolute Gasteiger partial charge is 0.342 e. The van der Waals surface area contributed by atoms with Gasteiger partial charge in [0.25, 0.3) is 0 Å². The highest BCUT2D eigenvalue weighted by atomic mass is 32.1. The molecule has 2 aromatic rings. The minimum absolute atomic E-state index is 0.0708. The van der Waals surface area contributed by atoms with Crippen molar-refractivity contribution in [2.45, 2.75) is 5.25 Å². The van der Waals surface area contributed by atoms with E-state index >= 15 is 0 Å². The highest BCUT2D eigenvalue weighted by Crippen LogP contribution is 2.29. The zero-order valence-electron chi connectivity index (χ0n) is 8.14. The molecular weight excluding hydrogens is 250 g/mol. The van der Waals surface area contributed by atoms with Crippen LogP contribution in [-0.4, -0.2) is 24.7 Å². The lowest BCUT2D eigenvalue weighted by Gasteiger charge is -2.03. The molecule has 1 atom stereocenters. The lowest BCUT2D eigenvalue weighted by atomic mass is 10.4. The van der Waals surface area contributed by atoms with E-state index in [9.17, 15) is 10.1 Å². The van der Waals surface area contributed by atoms with E-state index < -0.39 is 10.2 Å². The first-order valence-electron chi connectivity index (χ1n) is 4.21. The van der Waals surface area contributed by atoms with Crippen molar-refractivity contribution in [1.82, 2.24) is 19.7 Å². The fraction of sp³-hybridized carbons (Fsp3) is 0.286. The Labute approximate surface area is 99.7 Å². The second-order valence-electron chi connectivity index (χ2n) is 2.97. The summed E-state index contributed by atoms with van der Waals surface area (Å²) in [4.78, 5) is 14.1. The number of thiol groups is 1. The Bertz CT molecular complexity index is 509. The van der Waals surface area contributed by atoms with E-state index in [1.54, 1.807) is 12.6 Å². The van der Waals surface area contributed by atoms with Crippen molar-refractivity contribution in [3.05, 3.63) is 32.7 Å². The zero-order valence-corrected chi connectivity index (χ0v) is 9.85. The summed E-state index contributed by atoms with van der Waals surface area (Å²) >= 11 is 5.66. The van der Waals surface area contributed by atoms with Gasteiger partial charge in [0, 0.05) is 0 Å². The van der Waals surface area contributed by atoms with Gasteiger partial charge in [-0.05, 0) is 4.92 Å². The summed E-state index contributed by atoms with van der Waals surface area (Å²) in [6.45, 7) is 0. The summed E-state index contributed by atoms with van der Waals surface area (Å²) in [6, 6.07) is 0. The fourth-order valence-electron chi connectivity index (χ4n) is 1.25. The number of hydrogen-bond donors (Lipinski definition) is 1. The average molecular weight is 257 g/mol. The third-order valence-electron chi connectivity index (χ3n) is 2.04. The first-order valence-corrected chi connectivity index (χ1v) is 5.61. The van der Waals surface area contributed by atoms with Crippen LogP contribution in [0, 0.1) is 10.1 Å². The van der Waals surface area contributed by atoms with Gasteiger partial charge >= 0.3 is 5.82 Å².